The molecule has 2 heterocycles. The molecule has 8 heteroatoms. The van der Waals surface area contributed by atoms with Gasteiger partial charge in [-0.05, 0) is 61.7 Å². The fraction of sp³-hybridized carbons (Fsp3) is 0.278. The van der Waals surface area contributed by atoms with Gasteiger partial charge in [0.1, 0.15) is 10.6 Å². The number of thiophene rings is 1. The summed E-state index contributed by atoms with van der Waals surface area (Å²) in [5.74, 6) is -0.207. The highest BCUT2D eigenvalue weighted by Gasteiger charge is 2.24. The zero-order chi connectivity index (χ0) is 18.4. The summed E-state index contributed by atoms with van der Waals surface area (Å²) in [6, 6.07) is 4.70. The number of hydrogen-bond donors (Lipinski definition) is 1. The van der Waals surface area contributed by atoms with Crippen molar-refractivity contribution in [2.24, 2.45) is 0 Å². The third kappa shape index (κ3) is 2.71. The van der Waals surface area contributed by atoms with Crippen LogP contribution in [0, 0.1) is 4.77 Å². The van der Waals surface area contributed by atoms with E-state index in [0.29, 0.717) is 16.2 Å². The Hall–Kier alpha value is -1.96. The number of aromatic nitrogens is 2. The summed E-state index contributed by atoms with van der Waals surface area (Å²) in [6.07, 6.45) is 3.98. The van der Waals surface area contributed by atoms with E-state index in [1.807, 2.05) is 0 Å². The highest BCUT2D eigenvalue weighted by Crippen LogP contribution is 2.33. The molecule has 0 amide bonds. The van der Waals surface area contributed by atoms with Crippen molar-refractivity contribution in [3.63, 3.8) is 0 Å². The molecule has 1 N–H and O–H groups in total. The van der Waals surface area contributed by atoms with Crippen molar-refractivity contribution in [1.82, 2.24) is 9.55 Å². The lowest BCUT2D eigenvalue weighted by molar-refractivity contribution is 0.0950. The zero-order valence-corrected chi connectivity index (χ0v) is 16.3. The molecule has 0 spiro atoms. The molecule has 0 unspecified atom stereocenters. The molecule has 0 atom stereocenters. The molecule has 5 nitrogen and oxygen atoms in total. The molecule has 0 saturated carbocycles. The van der Waals surface area contributed by atoms with Crippen LogP contribution in [0.15, 0.2) is 23.0 Å². The zero-order valence-electron chi connectivity index (χ0n) is 13.9. The Balaban J connectivity index is 1.98. The number of nitrogens with one attached hydrogen (secondary N) is 1. The van der Waals surface area contributed by atoms with Crippen molar-refractivity contribution in [2.45, 2.75) is 25.7 Å². The number of carbonyl (C=O) groups is 1. The predicted octanol–water partition coefficient (Wildman–Crippen LogP) is 4.35. The van der Waals surface area contributed by atoms with Gasteiger partial charge >= 0.3 is 0 Å². The lowest BCUT2D eigenvalue weighted by Crippen LogP contribution is -2.29. The second-order valence-corrected chi connectivity index (χ2v) is 8.06. The maximum absolute atomic E-state index is 13.2. The molecule has 0 bridgehead atoms. The first-order chi connectivity index (χ1) is 12.5. The summed E-state index contributed by atoms with van der Waals surface area (Å²) in [4.78, 5) is 31.3. The van der Waals surface area contributed by atoms with Gasteiger partial charge in [0.15, 0.2) is 4.77 Å². The fourth-order valence-electron chi connectivity index (χ4n) is 3.39. The van der Waals surface area contributed by atoms with Crippen molar-refractivity contribution in [3.05, 3.63) is 54.4 Å². The monoisotopic (exact) mass is 406 g/mol. The van der Waals surface area contributed by atoms with E-state index in [4.69, 9.17) is 28.6 Å². The van der Waals surface area contributed by atoms with Crippen LogP contribution in [-0.2, 0) is 12.8 Å². The van der Waals surface area contributed by atoms with Crippen LogP contribution in [0.1, 0.15) is 33.6 Å². The minimum Gasteiger partial charge on any atom is -0.496 e. The average molecular weight is 407 g/mol. The number of aromatic amines is 1. The molecule has 0 saturated heterocycles. The van der Waals surface area contributed by atoms with Gasteiger partial charge in [-0.2, -0.15) is 0 Å². The smallest absolute Gasteiger partial charge is 0.270 e. The van der Waals surface area contributed by atoms with Crippen LogP contribution in [-0.4, -0.2) is 22.6 Å². The molecule has 1 aliphatic rings. The predicted molar refractivity (Wildman–Crippen MR) is 106 cm³/mol. The summed E-state index contributed by atoms with van der Waals surface area (Å²) in [6.45, 7) is 0. The van der Waals surface area contributed by atoms with Gasteiger partial charge in [0.25, 0.3) is 11.5 Å². The van der Waals surface area contributed by atoms with Crippen LogP contribution in [0.5, 0.6) is 5.75 Å². The fourth-order valence-corrected chi connectivity index (χ4v) is 5.17. The first kappa shape index (κ1) is 17.5. The maximum atomic E-state index is 13.2. The molecular formula is C18H15ClN2O3S2. The van der Waals surface area contributed by atoms with Crippen LogP contribution in [0.4, 0.5) is 0 Å². The molecule has 3 aromatic rings. The largest absolute Gasteiger partial charge is 0.496 e. The molecule has 1 aromatic carbocycles. The van der Waals surface area contributed by atoms with E-state index in [9.17, 15) is 9.59 Å². The molecule has 2 aromatic heterocycles. The molecule has 0 fully saturated rings. The SMILES string of the molecule is COc1ccc(Cl)cc1C(=O)n1c(=S)[nH]c2sc3c(c2c1=O)CCCC3. The minimum absolute atomic E-state index is 0.0770. The lowest BCUT2D eigenvalue weighted by atomic mass is 9.97. The van der Waals surface area contributed by atoms with Gasteiger partial charge in [-0.3, -0.25) is 9.59 Å². The van der Waals surface area contributed by atoms with Gasteiger partial charge in [-0.15, -0.1) is 11.3 Å². The number of aryl methyl sites for hydroxylation is 2. The van der Waals surface area contributed by atoms with Crippen LogP contribution in [0.3, 0.4) is 0 Å². The quantitative estimate of drug-likeness (QED) is 0.642. The van der Waals surface area contributed by atoms with Crippen molar-refractivity contribution >= 4 is 51.3 Å². The highest BCUT2D eigenvalue weighted by atomic mass is 35.5. The van der Waals surface area contributed by atoms with Crippen molar-refractivity contribution in [3.8, 4) is 5.75 Å². The number of nitrogens with zero attached hydrogens (tertiary/aromatic N) is 1. The van der Waals surface area contributed by atoms with E-state index in [1.54, 1.807) is 23.5 Å². The Morgan fingerprint density at radius 3 is 2.88 bits per heavy atom. The topological polar surface area (TPSA) is 64.1 Å². The van der Waals surface area contributed by atoms with E-state index >= 15 is 0 Å². The van der Waals surface area contributed by atoms with E-state index in [1.165, 1.54) is 18.1 Å². The number of ether oxygens (including phenoxy) is 1. The number of hydrogen-bond acceptors (Lipinski definition) is 5. The van der Waals surface area contributed by atoms with Gasteiger partial charge in [0.05, 0.1) is 18.1 Å². The Morgan fingerprint density at radius 1 is 1.35 bits per heavy atom. The minimum atomic E-state index is -0.548. The highest BCUT2D eigenvalue weighted by molar-refractivity contribution is 7.71. The summed E-state index contributed by atoms with van der Waals surface area (Å²) in [7, 11) is 1.46. The van der Waals surface area contributed by atoms with Crippen LogP contribution < -0.4 is 10.3 Å². The number of carbonyl (C=O) groups excluding carboxylic acids is 1. The molecule has 0 radical (unpaired) electrons. The lowest BCUT2D eigenvalue weighted by Gasteiger charge is -2.11. The Bertz CT molecular complexity index is 1160. The molecule has 26 heavy (non-hydrogen) atoms. The third-order valence-electron chi connectivity index (χ3n) is 4.61. The van der Waals surface area contributed by atoms with Crippen LogP contribution in [0.2, 0.25) is 5.02 Å². The first-order valence-corrected chi connectivity index (χ1v) is 9.79. The third-order valence-corrected chi connectivity index (χ3v) is 6.33. The van der Waals surface area contributed by atoms with Gasteiger partial charge in [0, 0.05) is 9.90 Å². The number of methoxy groups -OCH3 is 1. The second-order valence-electron chi connectivity index (χ2n) is 6.14. The van der Waals surface area contributed by atoms with Gasteiger partial charge in [-0.1, -0.05) is 11.6 Å². The summed E-state index contributed by atoms with van der Waals surface area (Å²) < 4.78 is 6.33. The molecule has 1 aliphatic carbocycles. The van der Waals surface area contributed by atoms with Crippen molar-refractivity contribution in [2.75, 3.05) is 7.11 Å². The van der Waals surface area contributed by atoms with Crippen LogP contribution in [0.25, 0.3) is 10.2 Å². The van der Waals surface area contributed by atoms with E-state index in [0.717, 1.165) is 40.6 Å². The number of fused-ring (bicyclic) bond motifs is 3. The van der Waals surface area contributed by atoms with Gasteiger partial charge < -0.3 is 9.72 Å². The molecule has 134 valence electrons. The molecule has 4 rings (SSSR count). The Labute approximate surface area is 163 Å². The van der Waals surface area contributed by atoms with Crippen LogP contribution >= 0.6 is 35.2 Å². The number of halogens is 1. The van der Waals surface area contributed by atoms with E-state index in [2.05, 4.69) is 4.98 Å². The Morgan fingerprint density at radius 2 is 2.12 bits per heavy atom. The Kier molecular flexibility index (Phi) is 4.46. The first-order valence-electron chi connectivity index (χ1n) is 8.19. The number of rotatable bonds is 2. The maximum Gasteiger partial charge on any atom is 0.270 e. The standard InChI is InChI=1S/C18H15ClN2O3S2/c1-24-12-7-6-9(19)8-11(12)16(22)21-17(23)14-10-4-2-3-5-13(10)26-15(14)20-18(21)25/h6-8H,2-5H2,1H3,(H,20,25). The van der Waals surface area contributed by atoms with E-state index in [-0.39, 0.29) is 15.9 Å². The van der Waals surface area contributed by atoms with E-state index < -0.39 is 5.91 Å². The molecule has 0 aliphatic heterocycles. The van der Waals surface area contributed by atoms with Gasteiger partial charge in [0.2, 0.25) is 0 Å². The average Bonchev–Trinajstić information content (AvgIpc) is 2.99. The van der Waals surface area contributed by atoms with Crippen molar-refractivity contribution < 1.29 is 9.53 Å². The summed E-state index contributed by atoms with van der Waals surface area (Å²) in [5.41, 5.74) is 0.868. The molecular weight excluding hydrogens is 392 g/mol. The summed E-state index contributed by atoms with van der Waals surface area (Å²) >= 11 is 12.9. The number of benzene rings is 1. The van der Waals surface area contributed by atoms with Gasteiger partial charge in [-0.25, -0.2) is 4.57 Å². The number of H-pyrrole nitrogens is 1. The second kappa shape index (κ2) is 6.64. The van der Waals surface area contributed by atoms with Crippen molar-refractivity contribution in [1.29, 1.82) is 0 Å². The summed E-state index contributed by atoms with van der Waals surface area (Å²) in [5, 5.41) is 0.957. The normalized spacial score (nSPS) is 13.6.